The Kier molecular flexibility index (Phi) is 7.20. The molecule has 220 valence electrons. The summed E-state index contributed by atoms with van der Waals surface area (Å²) in [7, 11) is 0. The first-order valence-electron chi connectivity index (χ1n) is 16.6. The molecular weight excluding hydrogens is 553 g/mol. The van der Waals surface area contributed by atoms with Crippen LogP contribution in [0.1, 0.15) is 37.0 Å². The zero-order chi connectivity index (χ0) is 31.0. The van der Waals surface area contributed by atoms with Crippen LogP contribution >= 0.6 is 0 Å². The molecule has 0 saturated carbocycles. The Bertz CT molecular complexity index is 2440. The highest BCUT2D eigenvalue weighted by atomic mass is 14.3. The van der Waals surface area contributed by atoms with Crippen molar-refractivity contribution in [2.75, 3.05) is 0 Å². The second kappa shape index (κ2) is 11.8. The van der Waals surface area contributed by atoms with Crippen LogP contribution in [0.3, 0.4) is 0 Å². The smallest absolute Gasteiger partial charge is 0.00293 e. The van der Waals surface area contributed by atoms with Gasteiger partial charge in [0.05, 0.1) is 0 Å². The molecule has 8 aromatic rings. The minimum Gasteiger partial charge on any atom is -0.0683 e. The van der Waals surface area contributed by atoms with Crippen molar-refractivity contribution in [1.29, 1.82) is 0 Å². The van der Waals surface area contributed by atoms with E-state index in [-0.39, 0.29) is 0 Å². The summed E-state index contributed by atoms with van der Waals surface area (Å²) in [5.74, 6) is 0. The molecule has 0 amide bonds. The van der Waals surface area contributed by atoms with Crippen molar-refractivity contribution in [2.24, 2.45) is 0 Å². The minimum absolute atomic E-state index is 1.00. The fraction of sp³-hybridized carbons (Fsp3) is 0.0870. The van der Waals surface area contributed by atoms with Gasteiger partial charge in [0.2, 0.25) is 0 Å². The molecule has 9 rings (SSSR count). The molecule has 0 fully saturated rings. The van der Waals surface area contributed by atoms with Crippen molar-refractivity contribution in [1.82, 2.24) is 0 Å². The van der Waals surface area contributed by atoms with E-state index in [1.54, 1.807) is 0 Å². The van der Waals surface area contributed by atoms with Crippen LogP contribution in [0.4, 0.5) is 0 Å². The van der Waals surface area contributed by atoms with Crippen molar-refractivity contribution >= 4 is 54.7 Å². The largest absolute Gasteiger partial charge is 0.0683 e. The number of hydrogen-bond acceptors (Lipinski definition) is 0. The average molecular weight is 589 g/mol. The Morgan fingerprint density at radius 2 is 0.783 bits per heavy atom. The predicted octanol–water partition coefficient (Wildman–Crippen LogP) is 13.1. The van der Waals surface area contributed by atoms with Gasteiger partial charge in [-0.1, -0.05) is 153 Å². The average Bonchev–Trinajstić information content (AvgIpc) is 3.14. The Labute approximate surface area is 271 Å². The molecular formula is C46H36. The van der Waals surface area contributed by atoms with Crippen molar-refractivity contribution in [3.63, 3.8) is 0 Å². The molecule has 1 aliphatic carbocycles. The van der Waals surface area contributed by atoms with Gasteiger partial charge in [0.1, 0.15) is 0 Å². The predicted molar refractivity (Wildman–Crippen MR) is 201 cm³/mol. The van der Waals surface area contributed by atoms with Crippen molar-refractivity contribution in [2.45, 2.75) is 26.7 Å². The van der Waals surface area contributed by atoms with Gasteiger partial charge in [0, 0.05) is 0 Å². The second-order valence-electron chi connectivity index (χ2n) is 12.0. The molecule has 1 aliphatic rings. The number of fused-ring (bicyclic) bond motifs is 5. The van der Waals surface area contributed by atoms with Crippen molar-refractivity contribution < 1.29 is 0 Å². The summed E-state index contributed by atoms with van der Waals surface area (Å²) in [6, 6.07) is 56.0. The lowest BCUT2D eigenvalue weighted by atomic mass is 9.77. The molecule has 8 aromatic carbocycles. The number of rotatable bonds is 3. The fourth-order valence-electron chi connectivity index (χ4n) is 7.38. The van der Waals surface area contributed by atoms with Crippen LogP contribution in [-0.2, 0) is 6.42 Å². The third kappa shape index (κ3) is 4.78. The molecule has 0 N–H and O–H groups in total. The Hall–Kier alpha value is -5.46. The van der Waals surface area contributed by atoms with Gasteiger partial charge in [-0.2, -0.15) is 0 Å². The number of hydrogen-bond donors (Lipinski definition) is 0. The number of allylic oxidation sites excluding steroid dienone is 1. The van der Waals surface area contributed by atoms with Gasteiger partial charge in [0.25, 0.3) is 0 Å². The van der Waals surface area contributed by atoms with Gasteiger partial charge in [-0.15, -0.1) is 0 Å². The highest BCUT2D eigenvalue weighted by molar-refractivity contribution is 6.13. The molecule has 0 radical (unpaired) electrons. The van der Waals surface area contributed by atoms with Crippen LogP contribution in [0.15, 0.2) is 152 Å². The normalized spacial score (nSPS) is 12.5. The molecule has 0 bridgehead atoms. The van der Waals surface area contributed by atoms with E-state index in [4.69, 9.17) is 0 Å². The molecule has 0 heterocycles. The Morgan fingerprint density at radius 1 is 0.370 bits per heavy atom. The molecule has 0 unspecified atom stereocenters. The maximum atomic E-state index is 2.50. The summed E-state index contributed by atoms with van der Waals surface area (Å²) in [6.07, 6.45) is 4.52. The monoisotopic (exact) mass is 588 g/mol. The lowest BCUT2D eigenvalue weighted by molar-refractivity contribution is 1.01. The zero-order valence-electron chi connectivity index (χ0n) is 26.4. The van der Waals surface area contributed by atoms with Gasteiger partial charge < -0.3 is 0 Å². The van der Waals surface area contributed by atoms with Gasteiger partial charge >= 0.3 is 0 Å². The Balaban J connectivity index is 0.00000153. The Morgan fingerprint density at radius 3 is 1.33 bits per heavy atom. The van der Waals surface area contributed by atoms with Crippen LogP contribution in [0, 0.1) is 0 Å². The maximum Gasteiger partial charge on any atom is -0.00293 e. The van der Waals surface area contributed by atoms with Gasteiger partial charge in [-0.3, -0.25) is 0 Å². The lowest BCUT2D eigenvalue weighted by Crippen LogP contribution is -2.05. The first-order valence-corrected chi connectivity index (χ1v) is 16.6. The zero-order valence-corrected chi connectivity index (χ0v) is 26.4. The molecule has 0 aromatic heterocycles. The van der Waals surface area contributed by atoms with E-state index in [2.05, 4.69) is 158 Å². The van der Waals surface area contributed by atoms with Crippen LogP contribution in [-0.4, -0.2) is 0 Å². The summed E-state index contributed by atoms with van der Waals surface area (Å²) in [4.78, 5) is 0. The van der Waals surface area contributed by atoms with E-state index in [1.807, 2.05) is 13.8 Å². The second-order valence-corrected chi connectivity index (χ2v) is 12.0. The van der Waals surface area contributed by atoms with E-state index in [0.29, 0.717) is 0 Å². The van der Waals surface area contributed by atoms with E-state index >= 15 is 0 Å². The summed E-state index contributed by atoms with van der Waals surface area (Å²) in [5, 5.41) is 10.3. The van der Waals surface area contributed by atoms with Gasteiger partial charge in [-0.05, 0) is 119 Å². The quantitative estimate of drug-likeness (QED) is 0.193. The fourth-order valence-corrected chi connectivity index (χ4v) is 7.38. The minimum atomic E-state index is 1.00. The van der Waals surface area contributed by atoms with Crippen molar-refractivity contribution in [3.8, 4) is 22.3 Å². The van der Waals surface area contributed by atoms with E-state index in [0.717, 1.165) is 12.8 Å². The number of benzene rings is 8. The third-order valence-electron chi connectivity index (χ3n) is 9.52. The molecule has 0 heteroatoms. The summed E-state index contributed by atoms with van der Waals surface area (Å²) in [6.45, 7) is 4.00. The molecule has 0 nitrogen and oxygen atoms in total. The van der Waals surface area contributed by atoms with Gasteiger partial charge in [-0.25, -0.2) is 0 Å². The maximum absolute atomic E-state index is 2.50. The molecule has 0 spiro atoms. The summed E-state index contributed by atoms with van der Waals surface area (Å²) >= 11 is 0. The highest BCUT2D eigenvalue weighted by Gasteiger charge is 2.24. The van der Waals surface area contributed by atoms with Crippen LogP contribution in [0.5, 0.6) is 0 Å². The van der Waals surface area contributed by atoms with Crippen molar-refractivity contribution in [3.05, 3.63) is 168 Å². The highest BCUT2D eigenvalue weighted by Crippen LogP contribution is 2.47. The summed E-state index contributed by atoms with van der Waals surface area (Å²) < 4.78 is 0. The van der Waals surface area contributed by atoms with E-state index in [9.17, 15) is 0 Å². The molecule has 46 heavy (non-hydrogen) atoms. The topological polar surface area (TPSA) is 0 Å². The third-order valence-corrected chi connectivity index (χ3v) is 9.52. The standard InChI is InChI=1S/C44H30.C2H6/c1-4-12-32-25-35(20-17-29(32)9-1)36-23-24-41-42(28-36)44(38-22-19-31-11-3-6-14-34(31)27-38)40-16-8-7-15-39(40)43(41)37-21-18-30-10-2-5-13-33(30)26-37;1-2/h1-22,25-28H,23-24H2;1-2H3. The molecule has 0 aliphatic heterocycles. The molecule has 0 atom stereocenters. The molecule has 0 saturated heterocycles. The van der Waals surface area contributed by atoms with Gasteiger partial charge in [0.15, 0.2) is 0 Å². The van der Waals surface area contributed by atoms with Crippen LogP contribution in [0.25, 0.3) is 77.0 Å². The van der Waals surface area contributed by atoms with E-state index < -0.39 is 0 Å². The van der Waals surface area contributed by atoms with Crippen LogP contribution in [0.2, 0.25) is 0 Å². The first-order chi connectivity index (χ1) is 22.8. The van der Waals surface area contributed by atoms with Crippen LogP contribution < -0.4 is 0 Å². The first kappa shape index (κ1) is 28.0. The summed E-state index contributed by atoms with van der Waals surface area (Å²) in [5.41, 5.74) is 10.8. The SMILES string of the molecule is C1=C(c2ccc3ccccc3c2)CCc2c1c(-c1ccc3ccccc3c1)c1ccccc1c2-c1ccc2ccccc2c1.CC. The lowest BCUT2D eigenvalue weighted by Gasteiger charge is -2.26. The van der Waals surface area contributed by atoms with E-state index in [1.165, 1.54) is 87.6 Å².